The number of nitrogens with zero attached hydrogens (tertiary/aromatic N) is 1. The van der Waals surface area contributed by atoms with Gasteiger partial charge in [-0.3, -0.25) is 4.79 Å². The number of benzene rings is 3. The van der Waals surface area contributed by atoms with Crippen LogP contribution in [0.2, 0.25) is 0 Å². The third-order valence-electron chi connectivity index (χ3n) is 7.63. The van der Waals surface area contributed by atoms with Crippen LogP contribution in [0.15, 0.2) is 84.9 Å². The number of piperidine rings is 1. The van der Waals surface area contributed by atoms with Gasteiger partial charge in [-0.25, -0.2) is 0 Å². The van der Waals surface area contributed by atoms with E-state index in [4.69, 9.17) is 4.74 Å². The number of Topliss-reactive ketones (excluding diaryl/α,β-unsaturated/α-hetero) is 1. The van der Waals surface area contributed by atoms with E-state index < -0.39 is 5.60 Å². The van der Waals surface area contributed by atoms with Crippen LogP contribution in [0.25, 0.3) is 0 Å². The molecule has 1 N–H and O–H groups in total. The summed E-state index contributed by atoms with van der Waals surface area (Å²) in [5, 5.41) is 12.0. The Balaban J connectivity index is 1.13. The van der Waals surface area contributed by atoms with Crippen LogP contribution >= 0.6 is 0 Å². The summed E-state index contributed by atoms with van der Waals surface area (Å²) in [6, 6.07) is 28.2. The minimum Gasteiger partial charge on any atom is -0.380 e. The van der Waals surface area contributed by atoms with Gasteiger partial charge in [0.2, 0.25) is 0 Å². The number of ketones is 1. The lowest BCUT2D eigenvalue weighted by atomic mass is 9.72. The molecule has 4 nitrogen and oxygen atoms in total. The van der Waals surface area contributed by atoms with Crippen molar-refractivity contribution >= 4 is 5.78 Å². The summed E-state index contributed by atoms with van der Waals surface area (Å²) in [5.74, 6) is 0.376. The molecule has 2 saturated heterocycles. The Bertz CT molecular complexity index is 1050. The molecule has 0 bridgehead atoms. The summed E-state index contributed by atoms with van der Waals surface area (Å²) in [4.78, 5) is 15.1. The van der Waals surface area contributed by atoms with Crippen LogP contribution in [-0.2, 0) is 16.8 Å². The first-order chi connectivity index (χ1) is 17.1. The standard InChI is InChI=1S/C31H35NO3/c33-30(25-15-13-24(14-16-25)22-29-23-35-29)12-7-19-32-20-17-28(18-21-32)31(34,26-8-3-1-4-9-26)27-10-5-2-6-11-27/h1-6,8-11,13-16,28-29,34H,7,12,17-23H2. The summed E-state index contributed by atoms with van der Waals surface area (Å²) in [7, 11) is 0. The van der Waals surface area contributed by atoms with Crippen molar-refractivity contribution in [2.75, 3.05) is 26.2 Å². The van der Waals surface area contributed by atoms with Crippen molar-refractivity contribution in [2.24, 2.45) is 5.92 Å². The van der Waals surface area contributed by atoms with Crippen molar-refractivity contribution in [3.8, 4) is 0 Å². The lowest BCUT2D eigenvalue weighted by Crippen LogP contribution is -2.44. The molecule has 182 valence electrons. The van der Waals surface area contributed by atoms with E-state index in [1.54, 1.807) is 0 Å². The maximum absolute atomic E-state index is 12.7. The van der Waals surface area contributed by atoms with E-state index in [0.29, 0.717) is 12.5 Å². The van der Waals surface area contributed by atoms with Gasteiger partial charge in [-0.15, -0.1) is 0 Å². The Morgan fingerprint density at radius 1 is 0.886 bits per heavy atom. The predicted octanol–water partition coefficient (Wildman–Crippen LogP) is 5.24. The Morgan fingerprint density at radius 3 is 2.00 bits per heavy atom. The van der Waals surface area contributed by atoms with Crippen LogP contribution in [0.1, 0.15) is 52.7 Å². The molecule has 1 unspecified atom stereocenters. The fraction of sp³-hybridized carbons (Fsp3) is 0.387. The third kappa shape index (κ3) is 5.72. The fourth-order valence-electron chi connectivity index (χ4n) is 5.48. The molecule has 0 aliphatic carbocycles. The number of carbonyl (C=O) groups is 1. The molecule has 5 rings (SSSR count). The first kappa shape index (κ1) is 23.9. The van der Waals surface area contributed by atoms with Crippen molar-refractivity contribution in [1.82, 2.24) is 4.90 Å². The Morgan fingerprint density at radius 2 is 1.46 bits per heavy atom. The second-order valence-electron chi connectivity index (χ2n) is 10.00. The first-order valence-electron chi connectivity index (χ1n) is 12.9. The molecule has 2 aliphatic rings. The molecule has 2 fully saturated rings. The quantitative estimate of drug-likeness (QED) is 0.326. The van der Waals surface area contributed by atoms with Crippen molar-refractivity contribution in [3.05, 3.63) is 107 Å². The lowest BCUT2D eigenvalue weighted by Gasteiger charge is -2.42. The van der Waals surface area contributed by atoms with Gasteiger partial charge >= 0.3 is 0 Å². The molecular formula is C31H35NO3. The second kappa shape index (κ2) is 10.9. The van der Waals surface area contributed by atoms with Crippen LogP contribution in [-0.4, -0.2) is 48.1 Å². The fourth-order valence-corrected chi connectivity index (χ4v) is 5.48. The Hall–Kier alpha value is -2.79. The first-order valence-corrected chi connectivity index (χ1v) is 12.9. The molecule has 2 aliphatic heterocycles. The zero-order chi connectivity index (χ0) is 24.1. The topological polar surface area (TPSA) is 53.1 Å². The molecule has 3 aromatic carbocycles. The van der Waals surface area contributed by atoms with E-state index in [1.807, 2.05) is 72.8 Å². The molecule has 0 amide bonds. The maximum Gasteiger partial charge on any atom is 0.162 e. The highest BCUT2D eigenvalue weighted by molar-refractivity contribution is 5.96. The predicted molar refractivity (Wildman–Crippen MR) is 138 cm³/mol. The average molecular weight is 470 g/mol. The highest BCUT2D eigenvalue weighted by atomic mass is 16.6. The zero-order valence-corrected chi connectivity index (χ0v) is 20.3. The van der Waals surface area contributed by atoms with E-state index in [-0.39, 0.29) is 11.7 Å². The van der Waals surface area contributed by atoms with Gasteiger partial charge in [0.1, 0.15) is 5.60 Å². The van der Waals surface area contributed by atoms with Gasteiger partial charge < -0.3 is 14.7 Å². The van der Waals surface area contributed by atoms with Crippen LogP contribution < -0.4 is 0 Å². The lowest BCUT2D eigenvalue weighted by molar-refractivity contribution is -0.0142. The monoisotopic (exact) mass is 469 g/mol. The van der Waals surface area contributed by atoms with Crippen LogP contribution in [0, 0.1) is 5.92 Å². The van der Waals surface area contributed by atoms with E-state index in [9.17, 15) is 9.90 Å². The molecule has 1 atom stereocenters. The van der Waals surface area contributed by atoms with Crippen molar-refractivity contribution in [1.29, 1.82) is 0 Å². The van der Waals surface area contributed by atoms with E-state index in [1.165, 1.54) is 5.56 Å². The molecule has 4 heteroatoms. The van der Waals surface area contributed by atoms with E-state index >= 15 is 0 Å². The van der Waals surface area contributed by atoms with Crippen LogP contribution in [0.5, 0.6) is 0 Å². The number of hydrogen-bond donors (Lipinski definition) is 1. The summed E-state index contributed by atoms with van der Waals surface area (Å²) in [6.45, 7) is 3.66. The normalized spacial score (nSPS) is 18.9. The van der Waals surface area contributed by atoms with Gasteiger partial charge in [0.15, 0.2) is 5.78 Å². The molecule has 0 spiro atoms. The molecule has 0 radical (unpaired) electrons. The van der Waals surface area contributed by atoms with Gasteiger partial charge in [-0.2, -0.15) is 0 Å². The number of rotatable bonds is 10. The van der Waals surface area contributed by atoms with Gasteiger partial charge in [0, 0.05) is 18.4 Å². The maximum atomic E-state index is 12.7. The molecule has 35 heavy (non-hydrogen) atoms. The summed E-state index contributed by atoms with van der Waals surface area (Å²) in [6.07, 6.45) is 4.61. The SMILES string of the molecule is O=C(CCCN1CCC(C(O)(c2ccccc2)c2ccccc2)CC1)c1ccc(CC2CO2)cc1. The minimum atomic E-state index is -0.984. The summed E-state index contributed by atoms with van der Waals surface area (Å²) in [5.41, 5.74) is 2.98. The van der Waals surface area contributed by atoms with Gasteiger partial charge in [0.05, 0.1) is 12.7 Å². The van der Waals surface area contributed by atoms with Gasteiger partial charge in [-0.05, 0) is 61.5 Å². The highest BCUT2D eigenvalue weighted by Gasteiger charge is 2.41. The van der Waals surface area contributed by atoms with Gasteiger partial charge in [-0.1, -0.05) is 84.9 Å². The number of epoxide rings is 1. The zero-order valence-electron chi connectivity index (χ0n) is 20.3. The van der Waals surface area contributed by atoms with Crippen molar-refractivity contribution < 1.29 is 14.6 Å². The summed E-state index contributed by atoms with van der Waals surface area (Å²) < 4.78 is 5.29. The molecule has 3 aromatic rings. The minimum absolute atomic E-state index is 0.157. The molecule has 2 heterocycles. The van der Waals surface area contributed by atoms with Gasteiger partial charge in [0.25, 0.3) is 0 Å². The number of likely N-dealkylation sites (tertiary alicyclic amines) is 1. The molecular weight excluding hydrogens is 434 g/mol. The summed E-state index contributed by atoms with van der Waals surface area (Å²) >= 11 is 0. The number of ether oxygens (including phenoxy) is 1. The van der Waals surface area contributed by atoms with E-state index in [0.717, 1.165) is 68.6 Å². The smallest absolute Gasteiger partial charge is 0.162 e. The molecule has 0 aromatic heterocycles. The highest BCUT2D eigenvalue weighted by Crippen LogP contribution is 2.41. The molecule has 0 saturated carbocycles. The Labute approximate surface area is 208 Å². The van der Waals surface area contributed by atoms with Crippen molar-refractivity contribution in [3.63, 3.8) is 0 Å². The average Bonchev–Trinajstić information content (AvgIpc) is 3.74. The number of carbonyl (C=O) groups excluding carboxylic acids is 1. The number of aliphatic hydroxyl groups is 1. The third-order valence-corrected chi connectivity index (χ3v) is 7.63. The number of hydrogen-bond acceptors (Lipinski definition) is 4. The second-order valence-corrected chi connectivity index (χ2v) is 10.00. The Kier molecular flexibility index (Phi) is 7.43. The van der Waals surface area contributed by atoms with E-state index in [2.05, 4.69) is 17.0 Å². The van der Waals surface area contributed by atoms with Crippen molar-refractivity contribution in [2.45, 2.75) is 43.8 Å². The van der Waals surface area contributed by atoms with Crippen LogP contribution in [0.4, 0.5) is 0 Å². The largest absolute Gasteiger partial charge is 0.380 e. The van der Waals surface area contributed by atoms with Crippen LogP contribution in [0.3, 0.4) is 0 Å².